The molecule has 0 aromatic heterocycles. The molecule has 1 saturated heterocycles. The first-order valence-electron chi connectivity index (χ1n) is 6.82. The van der Waals surface area contributed by atoms with E-state index in [-0.39, 0.29) is 17.9 Å². The predicted molar refractivity (Wildman–Crippen MR) is 71.2 cm³/mol. The van der Waals surface area contributed by atoms with Gasteiger partial charge in [-0.15, -0.1) is 0 Å². The molecule has 1 aliphatic rings. The van der Waals surface area contributed by atoms with Crippen LogP contribution >= 0.6 is 0 Å². The molecule has 0 aliphatic carbocycles. The largest absolute Gasteiger partial charge is 0.353 e. The molecular formula is C13H25N3O2. The van der Waals surface area contributed by atoms with Crippen LogP contribution in [-0.4, -0.2) is 60.4 Å². The van der Waals surface area contributed by atoms with Gasteiger partial charge in [-0.2, -0.15) is 0 Å². The second-order valence-electron chi connectivity index (χ2n) is 5.13. The Morgan fingerprint density at radius 2 is 1.78 bits per heavy atom. The van der Waals surface area contributed by atoms with E-state index >= 15 is 0 Å². The molecule has 104 valence electrons. The van der Waals surface area contributed by atoms with Gasteiger partial charge in [0.05, 0.1) is 6.54 Å². The van der Waals surface area contributed by atoms with Crippen LogP contribution in [0.25, 0.3) is 0 Å². The molecule has 0 unspecified atom stereocenters. The Bertz CT molecular complexity index is 284. The number of carbonyl (C=O) groups excluding carboxylic acids is 2. The summed E-state index contributed by atoms with van der Waals surface area (Å²) in [6.07, 6.45) is 1.53. The number of hydrogen-bond donors (Lipinski definition) is 1. The van der Waals surface area contributed by atoms with Crippen molar-refractivity contribution in [3.8, 4) is 0 Å². The summed E-state index contributed by atoms with van der Waals surface area (Å²) < 4.78 is 0. The molecule has 1 aliphatic heterocycles. The lowest BCUT2D eigenvalue weighted by Gasteiger charge is -2.34. The Labute approximate surface area is 110 Å². The second-order valence-corrected chi connectivity index (χ2v) is 5.13. The fraction of sp³-hybridized carbons (Fsp3) is 0.846. The van der Waals surface area contributed by atoms with E-state index in [0.717, 1.165) is 32.6 Å². The zero-order chi connectivity index (χ0) is 13.5. The van der Waals surface area contributed by atoms with Gasteiger partial charge in [-0.3, -0.25) is 14.5 Å². The van der Waals surface area contributed by atoms with Gasteiger partial charge < -0.3 is 10.2 Å². The van der Waals surface area contributed by atoms with Crippen molar-refractivity contribution >= 4 is 11.8 Å². The monoisotopic (exact) mass is 255 g/mol. The zero-order valence-corrected chi connectivity index (χ0v) is 11.7. The first-order valence-corrected chi connectivity index (χ1v) is 6.82. The van der Waals surface area contributed by atoms with E-state index in [9.17, 15) is 9.59 Å². The second kappa shape index (κ2) is 7.36. The van der Waals surface area contributed by atoms with Gasteiger partial charge in [-0.1, -0.05) is 6.92 Å². The first kappa shape index (κ1) is 15.0. The van der Waals surface area contributed by atoms with Crippen LogP contribution in [0.15, 0.2) is 0 Å². The molecular weight excluding hydrogens is 230 g/mol. The Morgan fingerprint density at radius 1 is 1.17 bits per heavy atom. The molecule has 5 nitrogen and oxygen atoms in total. The quantitative estimate of drug-likeness (QED) is 0.776. The maximum atomic E-state index is 11.7. The average molecular weight is 255 g/mol. The Balaban J connectivity index is 2.27. The van der Waals surface area contributed by atoms with Crippen LogP contribution in [0.3, 0.4) is 0 Å². The van der Waals surface area contributed by atoms with Crippen molar-refractivity contribution < 1.29 is 9.59 Å². The van der Waals surface area contributed by atoms with Crippen LogP contribution in [0.1, 0.15) is 33.6 Å². The summed E-state index contributed by atoms with van der Waals surface area (Å²) in [5, 5.41) is 2.88. The fourth-order valence-electron chi connectivity index (χ4n) is 2.10. The smallest absolute Gasteiger partial charge is 0.234 e. The highest BCUT2D eigenvalue weighted by atomic mass is 16.2. The molecule has 5 heteroatoms. The molecule has 0 saturated carbocycles. The Morgan fingerprint density at radius 3 is 2.28 bits per heavy atom. The number of nitrogens with zero attached hydrogens (tertiary/aromatic N) is 2. The number of rotatable bonds is 5. The SMILES string of the molecule is CCCC(=O)N1CCN(CC(=O)NC(C)C)CC1. The van der Waals surface area contributed by atoms with E-state index in [4.69, 9.17) is 0 Å². The third-order valence-electron chi connectivity index (χ3n) is 3.01. The summed E-state index contributed by atoms with van der Waals surface area (Å²) in [4.78, 5) is 27.3. The molecule has 0 aromatic carbocycles. The molecule has 18 heavy (non-hydrogen) atoms. The summed E-state index contributed by atoms with van der Waals surface area (Å²) in [6, 6.07) is 0.185. The van der Waals surface area contributed by atoms with Crippen molar-refractivity contribution in [2.75, 3.05) is 32.7 Å². The summed E-state index contributed by atoms with van der Waals surface area (Å²) in [7, 11) is 0. The highest BCUT2D eigenvalue weighted by Crippen LogP contribution is 2.04. The maximum Gasteiger partial charge on any atom is 0.234 e. The molecule has 2 amide bonds. The summed E-state index contributed by atoms with van der Waals surface area (Å²) in [6.45, 7) is 9.44. The van der Waals surface area contributed by atoms with E-state index in [2.05, 4.69) is 10.2 Å². The highest BCUT2D eigenvalue weighted by molar-refractivity contribution is 5.78. The van der Waals surface area contributed by atoms with Crippen LogP contribution in [0.5, 0.6) is 0 Å². The summed E-state index contributed by atoms with van der Waals surface area (Å²) >= 11 is 0. The molecule has 0 spiro atoms. The van der Waals surface area contributed by atoms with Gasteiger partial charge >= 0.3 is 0 Å². The standard InChI is InChI=1S/C13H25N3O2/c1-4-5-13(18)16-8-6-15(7-9-16)10-12(17)14-11(2)3/h11H,4-10H2,1-3H3,(H,14,17). The van der Waals surface area contributed by atoms with Crippen molar-refractivity contribution in [3.05, 3.63) is 0 Å². The number of nitrogens with one attached hydrogen (secondary N) is 1. The molecule has 0 atom stereocenters. The van der Waals surface area contributed by atoms with Gasteiger partial charge in [0.2, 0.25) is 11.8 Å². The van der Waals surface area contributed by atoms with Crippen LogP contribution in [0.4, 0.5) is 0 Å². The lowest BCUT2D eigenvalue weighted by Crippen LogP contribution is -2.51. The minimum absolute atomic E-state index is 0.0679. The van der Waals surface area contributed by atoms with E-state index in [0.29, 0.717) is 13.0 Å². The van der Waals surface area contributed by atoms with E-state index in [1.807, 2.05) is 25.7 Å². The third-order valence-corrected chi connectivity index (χ3v) is 3.01. The summed E-state index contributed by atoms with van der Waals surface area (Å²) in [5.74, 6) is 0.308. The fourth-order valence-corrected chi connectivity index (χ4v) is 2.10. The number of amides is 2. The number of hydrogen-bond acceptors (Lipinski definition) is 3. The van der Waals surface area contributed by atoms with Gasteiger partial charge in [-0.25, -0.2) is 0 Å². The van der Waals surface area contributed by atoms with Gasteiger partial charge in [0.15, 0.2) is 0 Å². The van der Waals surface area contributed by atoms with E-state index < -0.39 is 0 Å². The Kier molecular flexibility index (Phi) is 6.12. The predicted octanol–water partition coefficient (Wildman–Crippen LogP) is 0.455. The van der Waals surface area contributed by atoms with Gasteiger partial charge in [0.25, 0.3) is 0 Å². The van der Waals surface area contributed by atoms with Crippen molar-refractivity contribution in [2.24, 2.45) is 0 Å². The van der Waals surface area contributed by atoms with Crippen LogP contribution < -0.4 is 5.32 Å². The Hall–Kier alpha value is -1.10. The molecule has 1 heterocycles. The summed E-state index contributed by atoms with van der Waals surface area (Å²) in [5.41, 5.74) is 0. The molecule has 1 fully saturated rings. The van der Waals surface area contributed by atoms with Crippen molar-refractivity contribution in [3.63, 3.8) is 0 Å². The van der Waals surface area contributed by atoms with E-state index in [1.165, 1.54) is 0 Å². The molecule has 0 radical (unpaired) electrons. The van der Waals surface area contributed by atoms with Crippen molar-refractivity contribution in [1.82, 2.24) is 15.1 Å². The average Bonchev–Trinajstić information content (AvgIpc) is 2.29. The highest BCUT2D eigenvalue weighted by Gasteiger charge is 2.21. The lowest BCUT2D eigenvalue weighted by molar-refractivity contribution is -0.133. The lowest BCUT2D eigenvalue weighted by atomic mass is 10.2. The van der Waals surface area contributed by atoms with Gasteiger partial charge in [0, 0.05) is 38.6 Å². The van der Waals surface area contributed by atoms with E-state index in [1.54, 1.807) is 0 Å². The van der Waals surface area contributed by atoms with Crippen LogP contribution in [0.2, 0.25) is 0 Å². The minimum Gasteiger partial charge on any atom is -0.353 e. The topological polar surface area (TPSA) is 52.7 Å². The maximum absolute atomic E-state index is 11.7. The minimum atomic E-state index is 0.0679. The van der Waals surface area contributed by atoms with Crippen LogP contribution in [0, 0.1) is 0 Å². The molecule has 1 rings (SSSR count). The number of carbonyl (C=O) groups is 2. The first-order chi connectivity index (χ1) is 8.52. The molecule has 0 bridgehead atoms. The van der Waals surface area contributed by atoms with Gasteiger partial charge in [-0.05, 0) is 20.3 Å². The van der Waals surface area contributed by atoms with Crippen molar-refractivity contribution in [2.45, 2.75) is 39.7 Å². The normalized spacial score (nSPS) is 17.0. The zero-order valence-electron chi connectivity index (χ0n) is 11.7. The van der Waals surface area contributed by atoms with Gasteiger partial charge in [0.1, 0.15) is 0 Å². The molecule has 0 aromatic rings. The third kappa shape index (κ3) is 5.04. The number of piperazine rings is 1. The van der Waals surface area contributed by atoms with Crippen LogP contribution in [-0.2, 0) is 9.59 Å². The van der Waals surface area contributed by atoms with Crippen molar-refractivity contribution in [1.29, 1.82) is 0 Å². The molecule has 1 N–H and O–H groups in total.